The van der Waals surface area contributed by atoms with Crippen LogP contribution in [0.15, 0.2) is 176 Å². The van der Waals surface area contributed by atoms with Crippen LogP contribution in [0.2, 0.25) is 0 Å². The molecule has 0 amide bonds. The first kappa shape index (κ1) is 29.5. The zero-order valence-corrected chi connectivity index (χ0v) is 30.1. The Morgan fingerprint density at radius 2 is 0.788 bits per heavy atom. The van der Waals surface area contributed by atoms with Gasteiger partial charge in [-0.05, 0) is 119 Å². The molecule has 0 bridgehead atoms. The zero-order chi connectivity index (χ0) is 34.3. The lowest BCUT2D eigenvalue weighted by atomic mass is 10.0. The summed E-state index contributed by atoms with van der Waals surface area (Å²) in [6.45, 7) is 0. The van der Waals surface area contributed by atoms with Crippen molar-refractivity contribution in [1.29, 1.82) is 0 Å². The number of halogens is 1. The molecule has 4 heterocycles. The number of hydrogen-bond acceptors (Lipinski definition) is 1. The largest absolute Gasteiger partial charge is 0.309 e. The number of nitrogens with zero attached hydrogens (tertiary/aromatic N) is 4. The van der Waals surface area contributed by atoms with Gasteiger partial charge in [-0.2, -0.15) is 0 Å². The van der Waals surface area contributed by atoms with Crippen LogP contribution in [0.25, 0.3) is 93.7 Å². The molecule has 244 valence electrons. The van der Waals surface area contributed by atoms with Gasteiger partial charge in [0.25, 0.3) is 0 Å². The molecule has 4 nitrogen and oxygen atoms in total. The third-order valence-electron chi connectivity index (χ3n) is 10.5. The second kappa shape index (κ2) is 11.4. The van der Waals surface area contributed by atoms with Crippen LogP contribution in [-0.4, -0.2) is 18.7 Å². The van der Waals surface area contributed by atoms with E-state index in [1.54, 1.807) is 0 Å². The number of para-hydroxylation sites is 4. The summed E-state index contributed by atoms with van der Waals surface area (Å²) in [5, 5.41) is 7.34. The van der Waals surface area contributed by atoms with E-state index < -0.39 is 0 Å². The van der Waals surface area contributed by atoms with Crippen LogP contribution in [0.4, 0.5) is 0 Å². The van der Waals surface area contributed by atoms with Crippen LogP contribution < -0.4 is 0 Å². The highest BCUT2D eigenvalue weighted by atomic mass is 127. The van der Waals surface area contributed by atoms with Crippen molar-refractivity contribution in [3.8, 4) is 28.3 Å². The lowest BCUT2D eigenvalue weighted by molar-refractivity contribution is 1.08. The fraction of sp³-hybridized carbons (Fsp3) is 0. The Morgan fingerprint density at radius 3 is 1.40 bits per heavy atom. The molecular formula is C47H29IN4. The molecule has 0 atom stereocenters. The van der Waals surface area contributed by atoms with Gasteiger partial charge in [0, 0.05) is 47.3 Å². The van der Waals surface area contributed by atoms with Gasteiger partial charge in [-0.3, -0.25) is 4.57 Å². The summed E-state index contributed by atoms with van der Waals surface area (Å²) in [5.41, 5.74) is 11.7. The molecule has 7 aromatic carbocycles. The molecule has 5 heteroatoms. The Balaban J connectivity index is 1.10. The molecule has 0 fully saturated rings. The van der Waals surface area contributed by atoms with Gasteiger partial charge in [0.2, 0.25) is 0 Å². The fourth-order valence-corrected chi connectivity index (χ4v) is 8.76. The predicted octanol–water partition coefficient (Wildman–Crippen LogP) is 12.6. The smallest absolute Gasteiger partial charge is 0.138 e. The normalized spacial score (nSPS) is 11.9. The summed E-state index contributed by atoms with van der Waals surface area (Å²) < 4.78 is 8.23. The molecule has 0 aliphatic carbocycles. The number of rotatable bonds is 4. The summed E-state index contributed by atoms with van der Waals surface area (Å²) in [6.07, 6.45) is 2.04. The Morgan fingerprint density at radius 1 is 0.346 bits per heavy atom. The third kappa shape index (κ3) is 4.36. The second-order valence-electron chi connectivity index (χ2n) is 13.4. The van der Waals surface area contributed by atoms with E-state index in [-0.39, 0.29) is 0 Å². The predicted molar refractivity (Wildman–Crippen MR) is 225 cm³/mol. The van der Waals surface area contributed by atoms with Gasteiger partial charge in [-0.25, -0.2) is 4.98 Å². The van der Waals surface area contributed by atoms with Crippen LogP contribution in [-0.2, 0) is 0 Å². The zero-order valence-electron chi connectivity index (χ0n) is 27.9. The lowest BCUT2D eigenvalue weighted by Crippen LogP contribution is -1.98. The van der Waals surface area contributed by atoms with Gasteiger partial charge < -0.3 is 9.13 Å². The molecule has 0 spiro atoms. The molecule has 0 aliphatic heterocycles. The van der Waals surface area contributed by atoms with Gasteiger partial charge >= 0.3 is 0 Å². The molecule has 0 N–H and O–H groups in total. The topological polar surface area (TPSA) is 27.7 Å². The van der Waals surface area contributed by atoms with Crippen molar-refractivity contribution in [3.63, 3.8) is 0 Å². The van der Waals surface area contributed by atoms with Crippen molar-refractivity contribution in [2.75, 3.05) is 0 Å². The van der Waals surface area contributed by atoms with Crippen LogP contribution in [0, 0.1) is 3.57 Å². The maximum Gasteiger partial charge on any atom is 0.138 e. The average Bonchev–Trinajstić information content (AvgIpc) is 3.83. The van der Waals surface area contributed by atoms with Crippen molar-refractivity contribution < 1.29 is 0 Å². The molecule has 11 rings (SSSR count). The summed E-state index contributed by atoms with van der Waals surface area (Å²) in [6, 6.07) is 61.4. The van der Waals surface area contributed by atoms with E-state index in [1.165, 1.54) is 69.3 Å². The summed E-state index contributed by atoms with van der Waals surface area (Å²) >= 11 is 2.42. The molecule has 0 radical (unpaired) electrons. The first-order valence-corrected chi connectivity index (χ1v) is 18.6. The number of aromatic nitrogens is 4. The summed E-state index contributed by atoms with van der Waals surface area (Å²) in [4.78, 5) is 5.16. The number of benzene rings is 7. The van der Waals surface area contributed by atoms with Gasteiger partial charge in [-0.1, -0.05) is 84.9 Å². The minimum absolute atomic E-state index is 0.910. The van der Waals surface area contributed by atoms with E-state index >= 15 is 0 Å². The van der Waals surface area contributed by atoms with Crippen LogP contribution >= 0.6 is 22.6 Å². The van der Waals surface area contributed by atoms with E-state index in [9.17, 15) is 0 Å². The monoisotopic (exact) mass is 776 g/mol. The van der Waals surface area contributed by atoms with Gasteiger partial charge in [-0.15, -0.1) is 0 Å². The van der Waals surface area contributed by atoms with Crippen LogP contribution in [0.3, 0.4) is 0 Å². The van der Waals surface area contributed by atoms with Crippen molar-refractivity contribution in [3.05, 3.63) is 180 Å². The molecule has 52 heavy (non-hydrogen) atoms. The minimum atomic E-state index is 0.910. The first-order chi connectivity index (χ1) is 25.7. The number of hydrogen-bond donors (Lipinski definition) is 0. The Labute approximate surface area is 312 Å². The third-order valence-corrected chi connectivity index (χ3v) is 11.2. The van der Waals surface area contributed by atoms with Crippen LogP contribution in [0.1, 0.15) is 0 Å². The highest BCUT2D eigenvalue weighted by Crippen LogP contribution is 2.39. The van der Waals surface area contributed by atoms with E-state index in [1.807, 2.05) is 6.20 Å². The quantitative estimate of drug-likeness (QED) is 0.164. The van der Waals surface area contributed by atoms with Gasteiger partial charge in [0.15, 0.2) is 0 Å². The molecule has 0 saturated carbocycles. The summed E-state index contributed by atoms with van der Waals surface area (Å²) in [5.74, 6) is 0.910. The van der Waals surface area contributed by atoms with E-state index in [0.29, 0.717) is 0 Å². The minimum Gasteiger partial charge on any atom is -0.309 e. The maximum atomic E-state index is 5.16. The van der Waals surface area contributed by atoms with Crippen molar-refractivity contribution in [2.45, 2.75) is 0 Å². The molecule has 0 unspecified atom stereocenters. The Bertz CT molecular complexity index is 3190. The highest BCUT2D eigenvalue weighted by molar-refractivity contribution is 14.1. The first-order valence-electron chi connectivity index (χ1n) is 17.5. The van der Waals surface area contributed by atoms with E-state index in [2.05, 4.69) is 206 Å². The highest BCUT2D eigenvalue weighted by Gasteiger charge is 2.19. The molecule has 4 aromatic heterocycles. The average molecular weight is 777 g/mol. The van der Waals surface area contributed by atoms with E-state index in [4.69, 9.17) is 4.98 Å². The lowest BCUT2D eigenvalue weighted by Gasteiger charge is -2.10. The molecule has 0 saturated heterocycles. The van der Waals surface area contributed by atoms with Crippen molar-refractivity contribution in [2.24, 2.45) is 0 Å². The number of fused-ring (bicyclic) bond motifs is 9. The van der Waals surface area contributed by atoms with E-state index in [0.717, 1.165) is 28.1 Å². The maximum absolute atomic E-state index is 5.16. The fourth-order valence-electron chi connectivity index (χ4n) is 8.26. The van der Waals surface area contributed by atoms with Gasteiger partial charge in [0.05, 0.1) is 39.3 Å². The standard InChI is InChI=1S/C47H29IN4/c48-32-21-24-44-39(27-32)40-28-47(49-29-46(40)51(44)34-13-5-2-6-14-34)52-42-18-10-8-16-36(42)38-26-31(20-23-45(38)52)30-19-22-43-37(25-30)35-15-7-9-17-41(35)50(43)33-11-3-1-4-12-33/h1-29H. The molecule has 0 aliphatic rings. The SMILES string of the molecule is Ic1ccc2c(c1)c1cc(-n3c4ccccc4c4cc(-c5ccc6c(c5)c5ccccc5n6-c5ccccc5)ccc43)ncc1n2-c1ccccc1. The van der Waals surface area contributed by atoms with Crippen molar-refractivity contribution in [1.82, 2.24) is 18.7 Å². The molecule has 11 aromatic rings. The number of pyridine rings is 1. The van der Waals surface area contributed by atoms with Crippen molar-refractivity contribution >= 4 is 88.0 Å². The second-order valence-corrected chi connectivity index (χ2v) is 14.6. The van der Waals surface area contributed by atoms with Gasteiger partial charge in [0.1, 0.15) is 5.82 Å². The summed E-state index contributed by atoms with van der Waals surface area (Å²) in [7, 11) is 0. The molecular weight excluding hydrogens is 747 g/mol. The Kier molecular flexibility index (Phi) is 6.49. The Hall–Kier alpha value is -6.18. The van der Waals surface area contributed by atoms with Crippen LogP contribution in [0.5, 0.6) is 0 Å².